The fourth-order valence-corrected chi connectivity index (χ4v) is 5.40. The minimum absolute atomic E-state index is 0.124. The third kappa shape index (κ3) is 3.92. The van der Waals surface area contributed by atoms with Crippen LogP contribution in [0.15, 0.2) is 65.7 Å². The summed E-state index contributed by atoms with van der Waals surface area (Å²) < 4.78 is 28.0. The van der Waals surface area contributed by atoms with E-state index >= 15 is 4.39 Å². The van der Waals surface area contributed by atoms with Crippen molar-refractivity contribution in [2.24, 2.45) is 21.1 Å². The number of ether oxygens (including phenoxy) is 1. The highest BCUT2D eigenvalue weighted by atomic mass is 19.1. The molecule has 0 atom stereocenters. The van der Waals surface area contributed by atoms with Gasteiger partial charge in [-0.1, -0.05) is 32.9 Å². The molecular weight excluding hydrogens is 507 g/mol. The van der Waals surface area contributed by atoms with Crippen molar-refractivity contribution < 1.29 is 9.13 Å². The van der Waals surface area contributed by atoms with Crippen molar-refractivity contribution in [3.8, 4) is 33.7 Å². The first-order chi connectivity index (χ1) is 19.0. The third-order valence-electron chi connectivity index (χ3n) is 7.43. The van der Waals surface area contributed by atoms with Gasteiger partial charge in [0.1, 0.15) is 17.4 Å². The van der Waals surface area contributed by atoms with Gasteiger partial charge in [0.2, 0.25) is 0 Å². The number of aromatic nitrogens is 6. The highest BCUT2D eigenvalue weighted by Gasteiger charge is 2.27. The molecule has 0 unspecified atom stereocenters. The summed E-state index contributed by atoms with van der Waals surface area (Å²) in [5.41, 5.74) is 6.17. The van der Waals surface area contributed by atoms with Crippen LogP contribution in [-0.2, 0) is 26.6 Å². The van der Waals surface area contributed by atoms with Crippen LogP contribution in [-0.4, -0.2) is 35.6 Å². The highest BCUT2D eigenvalue weighted by Crippen LogP contribution is 2.37. The van der Waals surface area contributed by atoms with Gasteiger partial charge in [-0.05, 0) is 35.9 Å². The molecule has 0 aliphatic rings. The second kappa shape index (κ2) is 8.94. The summed E-state index contributed by atoms with van der Waals surface area (Å²) in [4.78, 5) is 18.1. The van der Waals surface area contributed by atoms with Gasteiger partial charge in [-0.3, -0.25) is 18.4 Å². The van der Waals surface area contributed by atoms with Crippen molar-refractivity contribution in [1.29, 1.82) is 0 Å². The van der Waals surface area contributed by atoms with E-state index < -0.39 is 0 Å². The van der Waals surface area contributed by atoms with Crippen LogP contribution in [0.2, 0.25) is 0 Å². The highest BCUT2D eigenvalue weighted by molar-refractivity contribution is 5.95. The van der Waals surface area contributed by atoms with Gasteiger partial charge in [-0.2, -0.15) is 5.10 Å². The summed E-state index contributed by atoms with van der Waals surface area (Å²) in [7, 11) is 6.98. The van der Waals surface area contributed by atoms with Crippen molar-refractivity contribution in [2.45, 2.75) is 26.2 Å². The molecule has 204 valence electrons. The fraction of sp³-hybridized carbons (Fsp3) is 0.258. The minimum atomic E-state index is -0.359. The number of benzene rings is 3. The molecule has 3 aromatic carbocycles. The van der Waals surface area contributed by atoms with Gasteiger partial charge < -0.3 is 4.74 Å². The Morgan fingerprint density at radius 2 is 1.60 bits per heavy atom. The van der Waals surface area contributed by atoms with E-state index in [-0.39, 0.29) is 16.9 Å². The maximum absolute atomic E-state index is 15.7. The monoisotopic (exact) mass is 538 g/mol. The Kier molecular flexibility index (Phi) is 5.72. The smallest absolute Gasteiger partial charge is 0.328 e. The lowest BCUT2D eigenvalue weighted by molar-refractivity contribution is 0.415. The lowest BCUT2D eigenvalue weighted by atomic mass is 9.95. The second-order valence-corrected chi connectivity index (χ2v) is 11.2. The number of hydrogen-bond donors (Lipinski definition) is 0. The van der Waals surface area contributed by atoms with E-state index in [2.05, 4.69) is 25.9 Å². The quantitative estimate of drug-likeness (QED) is 0.288. The van der Waals surface area contributed by atoms with Gasteiger partial charge >= 0.3 is 5.69 Å². The zero-order valence-corrected chi connectivity index (χ0v) is 23.7. The van der Waals surface area contributed by atoms with Gasteiger partial charge in [0.05, 0.1) is 41.1 Å². The van der Waals surface area contributed by atoms with Crippen LogP contribution in [0.3, 0.4) is 0 Å². The van der Waals surface area contributed by atoms with E-state index in [1.165, 1.54) is 0 Å². The summed E-state index contributed by atoms with van der Waals surface area (Å²) in [5, 5.41) is 4.21. The average molecular weight is 539 g/mol. The van der Waals surface area contributed by atoms with Crippen LogP contribution < -0.4 is 10.4 Å². The summed E-state index contributed by atoms with van der Waals surface area (Å²) >= 11 is 0. The maximum Gasteiger partial charge on any atom is 0.328 e. The first-order valence-electron chi connectivity index (χ1n) is 13.0. The summed E-state index contributed by atoms with van der Waals surface area (Å²) in [6, 6.07) is 15.1. The second-order valence-electron chi connectivity index (χ2n) is 11.2. The van der Waals surface area contributed by atoms with Crippen LogP contribution in [0.5, 0.6) is 5.75 Å². The molecule has 0 amide bonds. The Morgan fingerprint density at radius 3 is 2.23 bits per heavy atom. The topological polar surface area (TPSA) is 71.8 Å². The van der Waals surface area contributed by atoms with Gasteiger partial charge in [0.25, 0.3) is 0 Å². The zero-order chi connectivity index (χ0) is 28.5. The molecule has 9 heteroatoms. The molecule has 0 fully saturated rings. The predicted molar refractivity (Wildman–Crippen MR) is 156 cm³/mol. The van der Waals surface area contributed by atoms with Gasteiger partial charge in [-0.25, -0.2) is 14.2 Å². The minimum Gasteiger partial charge on any atom is -0.497 e. The largest absolute Gasteiger partial charge is 0.497 e. The van der Waals surface area contributed by atoms with Crippen molar-refractivity contribution in [2.75, 3.05) is 7.11 Å². The molecule has 0 spiro atoms. The Morgan fingerprint density at radius 1 is 0.875 bits per heavy atom. The zero-order valence-electron chi connectivity index (χ0n) is 23.7. The molecule has 0 aliphatic heterocycles. The third-order valence-corrected chi connectivity index (χ3v) is 7.43. The summed E-state index contributed by atoms with van der Waals surface area (Å²) in [5.74, 6) is 1.17. The fourth-order valence-electron chi connectivity index (χ4n) is 5.40. The van der Waals surface area contributed by atoms with Crippen LogP contribution in [0.4, 0.5) is 4.39 Å². The molecule has 0 saturated heterocycles. The maximum atomic E-state index is 15.7. The van der Waals surface area contributed by atoms with E-state index in [9.17, 15) is 4.79 Å². The van der Waals surface area contributed by atoms with Crippen molar-refractivity contribution in [1.82, 2.24) is 28.5 Å². The number of imidazole rings is 2. The molecule has 8 nitrogen and oxygen atoms in total. The number of halogens is 1. The molecule has 0 saturated carbocycles. The predicted octanol–water partition coefficient (Wildman–Crippen LogP) is 5.73. The Labute approximate surface area is 230 Å². The Hall–Kier alpha value is -4.66. The van der Waals surface area contributed by atoms with E-state index in [0.717, 1.165) is 39.4 Å². The number of fused-ring (bicyclic) bond motifs is 2. The number of hydrogen-bond acceptors (Lipinski definition) is 4. The first-order valence-corrected chi connectivity index (χ1v) is 13.0. The SMILES string of the molecule is COc1ccc(-c2cc(-n3c(C(C)(C)C)nc4cc(-c5cnn(C)c5)c(F)cc43)cc3c2n(C)c(=O)n3C)cc1. The molecule has 3 heterocycles. The van der Waals surface area contributed by atoms with Crippen molar-refractivity contribution >= 4 is 22.1 Å². The summed E-state index contributed by atoms with van der Waals surface area (Å²) in [6.07, 6.45) is 3.44. The van der Waals surface area contributed by atoms with Crippen molar-refractivity contribution in [3.05, 3.63) is 83.1 Å². The van der Waals surface area contributed by atoms with Crippen LogP contribution in [0.1, 0.15) is 26.6 Å². The number of rotatable bonds is 4. The number of nitrogens with zero attached hydrogens (tertiary/aromatic N) is 6. The Bertz CT molecular complexity index is 1980. The molecule has 0 N–H and O–H groups in total. The molecule has 6 rings (SSSR count). The van der Waals surface area contributed by atoms with Crippen LogP contribution in [0.25, 0.3) is 50.0 Å². The van der Waals surface area contributed by atoms with Crippen molar-refractivity contribution in [3.63, 3.8) is 0 Å². The average Bonchev–Trinajstić information content (AvgIpc) is 3.59. The molecule has 40 heavy (non-hydrogen) atoms. The number of methoxy groups -OCH3 is 1. The van der Waals surface area contributed by atoms with E-state index in [1.807, 2.05) is 41.0 Å². The first kappa shape index (κ1) is 25.6. The lowest BCUT2D eigenvalue weighted by Crippen LogP contribution is -2.19. The molecule has 0 bridgehead atoms. The van der Waals surface area contributed by atoms with E-state index in [1.54, 1.807) is 66.6 Å². The van der Waals surface area contributed by atoms with Crippen LogP contribution in [0, 0.1) is 5.82 Å². The van der Waals surface area contributed by atoms with Gasteiger partial charge in [0.15, 0.2) is 0 Å². The van der Waals surface area contributed by atoms with Gasteiger partial charge in [0, 0.05) is 55.5 Å². The van der Waals surface area contributed by atoms with Gasteiger partial charge in [-0.15, -0.1) is 0 Å². The molecule has 3 aromatic heterocycles. The normalized spacial score (nSPS) is 12.1. The van der Waals surface area contributed by atoms with Crippen LogP contribution >= 0.6 is 0 Å². The lowest BCUT2D eigenvalue weighted by Gasteiger charge is -2.21. The van der Waals surface area contributed by atoms with E-state index in [4.69, 9.17) is 9.72 Å². The van der Waals surface area contributed by atoms with E-state index in [0.29, 0.717) is 22.2 Å². The molecular formula is C31H31FN6O2. The molecule has 0 radical (unpaired) electrons. The number of aryl methyl sites for hydroxylation is 3. The Balaban J connectivity index is 1.69. The molecule has 0 aliphatic carbocycles. The molecule has 6 aromatic rings. The standard InChI is InChI=1S/C31H31FN6O2/c1-31(2,3)29-34-25-14-22(19-16-33-35(4)17-19)24(32)15-26(25)38(29)20-12-23(18-8-10-21(40-7)11-9-18)28-27(13-20)36(5)30(39)37(28)6/h8-17H,1-7H3. The summed E-state index contributed by atoms with van der Waals surface area (Å²) in [6.45, 7) is 6.26.